The molecule has 0 saturated carbocycles. The molecule has 0 amide bonds. The molecule has 0 aliphatic heterocycles. The molecule has 184 valence electrons. The summed E-state index contributed by atoms with van der Waals surface area (Å²) in [7, 11) is 0. The van der Waals surface area contributed by atoms with E-state index in [0.29, 0.717) is 25.2 Å². The summed E-state index contributed by atoms with van der Waals surface area (Å²) >= 11 is 0. The Kier molecular flexibility index (Phi) is 15.2. The summed E-state index contributed by atoms with van der Waals surface area (Å²) in [5, 5.41) is 11.1. The number of hydrogen-bond acceptors (Lipinski definition) is 3. The molecular weight excluding hydrogens is 396 g/mol. The molecule has 0 bridgehead atoms. The van der Waals surface area contributed by atoms with E-state index in [9.17, 15) is 9.90 Å². The quantitative estimate of drug-likeness (QED) is 0.183. The molecule has 32 heavy (non-hydrogen) atoms. The first-order valence-corrected chi connectivity index (χ1v) is 13.4. The molecule has 0 fully saturated rings. The number of aryl methyl sites for hydroxylation is 2. The summed E-state index contributed by atoms with van der Waals surface area (Å²) < 4.78 is 5.52. The van der Waals surface area contributed by atoms with Gasteiger partial charge in [0, 0.05) is 6.42 Å². The SMILES string of the molecule is CCCCc1cc(CCC(=O)OCCCCCC(C)C)c(CCCC)c(CCCC)c1O. The van der Waals surface area contributed by atoms with Crippen molar-refractivity contribution in [3.63, 3.8) is 0 Å². The van der Waals surface area contributed by atoms with Gasteiger partial charge in [0.1, 0.15) is 5.75 Å². The van der Waals surface area contributed by atoms with Gasteiger partial charge in [0.15, 0.2) is 0 Å². The Morgan fingerprint density at radius 3 is 2.06 bits per heavy atom. The Hall–Kier alpha value is -1.51. The standard InChI is InChI=1S/C29H50O3/c1-6-9-16-25-22-24(19-20-28(30)32-21-14-12-13-15-23(4)5)26(17-10-7-2)27(29(25)31)18-11-8-3/h22-23,31H,6-21H2,1-5H3. The number of hydrogen-bond donors (Lipinski definition) is 1. The molecule has 1 aromatic carbocycles. The number of carbonyl (C=O) groups is 1. The lowest BCUT2D eigenvalue weighted by Crippen LogP contribution is -2.10. The van der Waals surface area contributed by atoms with E-state index in [1.165, 1.54) is 24.0 Å². The Balaban J connectivity index is 2.84. The molecular formula is C29H50O3. The molecule has 1 aromatic rings. The van der Waals surface area contributed by atoms with Crippen molar-refractivity contribution in [1.29, 1.82) is 0 Å². The molecule has 0 aliphatic rings. The highest BCUT2D eigenvalue weighted by atomic mass is 16.5. The molecule has 1 rings (SSSR count). The fraction of sp³-hybridized carbons (Fsp3) is 0.759. The van der Waals surface area contributed by atoms with Crippen LogP contribution in [0.1, 0.15) is 128 Å². The molecule has 0 aromatic heterocycles. The minimum Gasteiger partial charge on any atom is -0.507 e. The van der Waals surface area contributed by atoms with Gasteiger partial charge in [-0.05, 0) is 79.5 Å². The van der Waals surface area contributed by atoms with Crippen molar-refractivity contribution < 1.29 is 14.6 Å². The summed E-state index contributed by atoms with van der Waals surface area (Å²) in [6, 6.07) is 2.19. The van der Waals surface area contributed by atoms with Crippen LogP contribution in [-0.2, 0) is 35.2 Å². The van der Waals surface area contributed by atoms with E-state index in [2.05, 4.69) is 40.7 Å². The lowest BCUT2D eigenvalue weighted by atomic mass is 9.87. The molecule has 0 heterocycles. The Labute approximate surface area is 198 Å². The van der Waals surface area contributed by atoms with Crippen molar-refractivity contribution in [2.75, 3.05) is 6.61 Å². The highest BCUT2D eigenvalue weighted by Crippen LogP contribution is 2.33. The van der Waals surface area contributed by atoms with Crippen LogP contribution in [0.15, 0.2) is 6.07 Å². The first-order chi connectivity index (χ1) is 15.4. The van der Waals surface area contributed by atoms with Crippen molar-refractivity contribution >= 4 is 5.97 Å². The van der Waals surface area contributed by atoms with E-state index in [-0.39, 0.29) is 5.97 Å². The molecule has 0 aliphatic carbocycles. The third-order valence-electron chi connectivity index (χ3n) is 6.34. The monoisotopic (exact) mass is 446 g/mol. The minimum atomic E-state index is -0.0893. The van der Waals surface area contributed by atoms with E-state index in [1.807, 2.05) is 0 Å². The van der Waals surface area contributed by atoms with Gasteiger partial charge in [0.2, 0.25) is 0 Å². The number of unbranched alkanes of at least 4 members (excludes halogenated alkanes) is 5. The number of phenolic OH excluding ortho intramolecular Hbond substituents is 1. The van der Waals surface area contributed by atoms with E-state index >= 15 is 0 Å². The van der Waals surface area contributed by atoms with Crippen LogP contribution in [0.3, 0.4) is 0 Å². The van der Waals surface area contributed by atoms with Crippen LogP contribution in [0.4, 0.5) is 0 Å². The fourth-order valence-electron chi connectivity index (χ4n) is 4.29. The van der Waals surface area contributed by atoms with E-state index in [0.717, 1.165) is 87.7 Å². The first kappa shape index (κ1) is 28.5. The number of aromatic hydroxyl groups is 1. The van der Waals surface area contributed by atoms with Gasteiger partial charge in [0.25, 0.3) is 0 Å². The second kappa shape index (κ2) is 17.0. The fourth-order valence-corrected chi connectivity index (χ4v) is 4.29. The van der Waals surface area contributed by atoms with Crippen LogP contribution >= 0.6 is 0 Å². The minimum absolute atomic E-state index is 0.0893. The van der Waals surface area contributed by atoms with Gasteiger partial charge in [-0.1, -0.05) is 79.2 Å². The normalized spacial score (nSPS) is 11.3. The van der Waals surface area contributed by atoms with Gasteiger partial charge in [0.05, 0.1) is 6.61 Å². The topological polar surface area (TPSA) is 46.5 Å². The van der Waals surface area contributed by atoms with E-state index < -0.39 is 0 Å². The summed E-state index contributed by atoms with van der Waals surface area (Å²) in [5.41, 5.74) is 4.75. The molecule has 3 nitrogen and oxygen atoms in total. The summed E-state index contributed by atoms with van der Waals surface area (Å²) in [6.07, 6.45) is 15.1. The number of benzene rings is 1. The van der Waals surface area contributed by atoms with Crippen LogP contribution in [0, 0.1) is 5.92 Å². The van der Waals surface area contributed by atoms with Crippen LogP contribution in [0.2, 0.25) is 0 Å². The third-order valence-corrected chi connectivity index (χ3v) is 6.34. The molecule has 1 N–H and O–H groups in total. The summed E-state index contributed by atoms with van der Waals surface area (Å²) in [6.45, 7) is 11.6. The molecule has 0 saturated heterocycles. The van der Waals surface area contributed by atoms with Crippen LogP contribution in [0.25, 0.3) is 0 Å². The molecule has 0 unspecified atom stereocenters. The average molecular weight is 447 g/mol. The van der Waals surface area contributed by atoms with Gasteiger partial charge in [-0.3, -0.25) is 4.79 Å². The molecule has 0 atom stereocenters. The van der Waals surface area contributed by atoms with Gasteiger partial charge in [-0.15, -0.1) is 0 Å². The number of phenols is 1. The molecule has 3 heteroatoms. The smallest absolute Gasteiger partial charge is 0.306 e. The number of esters is 1. The van der Waals surface area contributed by atoms with Gasteiger partial charge >= 0.3 is 5.97 Å². The largest absolute Gasteiger partial charge is 0.507 e. The van der Waals surface area contributed by atoms with Crippen LogP contribution < -0.4 is 0 Å². The Morgan fingerprint density at radius 2 is 1.44 bits per heavy atom. The van der Waals surface area contributed by atoms with Crippen molar-refractivity contribution in [3.8, 4) is 5.75 Å². The number of rotatable bonds is 18. The van der Waals surface area contributed by atoms with Crippen molar-refractivity contribution in [2.24, 2.45) is 5.92 Å². The van der Waals surface area contributed by atoms with Crippen molar-refractivity contribution in [3.05, 3.63) is 28.3 Å². The predicted molar refractivity (Wildman–Crippen MR) is 137 cm³/mol. The van der Waals surface area contributed by atoms with Gasteiger partial charge in [-0.2, -0.15) is 0 Å². The number of ether oxygens (including phenoxy) is 1. The van der Waals surface area contributed by atoms with Gasteiger partial charge < -0.3 is 9.84 Å². The first-order valence-electron chi connectivity index (χ1n) is 13.4. The molecule has 0 spiro atoms. The second-order valence-electron chi connectivity index (χ2n) is 9.77. The van der Waals surface area contributed by atoms with E-state index in [1.54, 1.807) is 0 Å². The zero-order valence-electron chi connectivity index (χ0n) is 21.7. The average Bonchev–Trinajstić information content (AvgIpc) is 2.77. The maximum absolute atomic E-state index is 12.4. The van der Waals surface area contributed by atoms with Gasteiger partial charge in [-0.25, -0.2) is 0 Å². The van der Waals surface area contributed by atoms with Crippen molar-refractivity contribution in [2.45, 2.75) is 131 Å². The number of carbonyl (C=O) groups excluding carboxylic acids is 1. The van der Waals surface area contributed by atoms with Crippen LogP contribution in [0.5, 0.6) is 5.75 Å². The van der Waals surface area contributed by atoms with Crippen molar-refractivity contribution in [1.82, 2.24) is 0 Å². The lowest BCUT2D eigenvalue weighted by molar-refractivity contribution is -0.143. The zero-order valence-corrected chi connectivity index (χ0v) is 21.7. The zero-order chi connectivity index (χ0) is 23.8. The highest BCUT2D eigenvalue weighted by Gasteiger charge is 2.18. The Bertz CT molecular complexity index is 648. The van der Waals surface area contributed by atoms with Crippen LogP contribution in [-0.4, -0.2) is 17.7 Å². The Morgan fingerprint density at radius 1 is 0.812 bits per heavy atom. The summed E-state index contributed by atoms with van der Waals surface area (Å²) in [5.74, 6) is 1.17. The summed E-state index contributed by atoms with van der Waals surface area (Å²) in [4.78, 5) is 12.4. The van der Waals surface area contributed by atoms with E-state index in [4.69, 9.17) is 4.74 Å². The third kappa shape index (κ3) is 10.9. The molecule has 0 radical (unpaired) electrons. The highest BCUT2D eigenvalue weighted by molar-refractivity contribution is 5.70. The lowest BCUT2D eigenvalue weighted by Gasteiger charge is -2.20. The predicted octanol–water partition coefficient (Wildman–Crippen LogP) is 8.11. The maximum atomic E-state index is 12.4. The maximum Gasteiger partial charge on any atom is 0.306 e. The second-order valence-corrected chi connectivity index (χ2v) is 9.77.